The van der Waals surface area contributed by atoms with Crippen molar-refractivity contribution in [3.63, 3.8) is 0 Å². The molecule has 1 aliphatic rings. The van der Waals surface area contributed by atoms with Crippen molar-refractivity contribution < 1.29 is 0 Å². The van der Waals surface area contributed by atoms with Gasteiger partial charge in [0.2, 0.25) is 0 Å². The molecule has 4 heteroatoms. The Morgan fingerprint density at radius 1 is 1.20 bits per heavy atom. The molecule has 0 amide bonds. The van der Waals surface area contributed by atoms with Crippen LogP contribution in [0.2, 0.25) is 0 Å². The standard InChI is InChI=1S/C16H30N4/c1-13(12-20-10-6-5-7-11-20)17-9-8-16-14(2)18-19(4)15(16)3/h13,17H,5-12H2,1-4H3. The van der Waals surface area contributed by atoms with E-state index >= 15 is 0 Å². The van der Waals surface area contributed by atoms with Gasteiger partial charge in [-0.1, -0.05) is 6.42 Å². The van der Waals surface area contributed by atoms with Gasteiger partial charge in [-0.2, -0.15) is 5.10 Å². The molecule has 1 atom stereocenters. The molecule has 4 nitrogen and oxygen atoms in total. The summed E-state index contributed by atoms with van der Waals surface area (Å²) in [5.74, 6) is 0. The van der Waals surface area contributed by atoms with E-state index in [0.717, 1.165) is 13.0 Å². The minimum Gasteiger partial charge on any atom is -0.313 e. The molecule has 1 fully saturated rings. The molecule has 20 heavy (non-hydrogen) atoms. The molecule has 1 aliphatic heterocycles. The van der Waals surface area contributed by atoms with Gasteiger partial charge in [-0.25, -0.2) is 0 Å². The van der Waals surface area contributed by atoms with Crippen molar-refractivity contribution in [2.24, 2.45) is 7.05 Å². The van der Waals surface area contributed by atoms with Gasteiger partial charge in [-0.05, 0) is 65.2 Å². The Bertz CT molecular complexity index is 418. The van der Waals surface area contributed by atoms with Crippen molar-refractivity contribution in [1.82, 2.24) is 20.0 Å². The summed E-state index contributed by atoms with van der Waals surface area (Å²) >= 11 is 0. The quantitative estimate of drug-likeness (QED) is 0.864. The zero-order valence-electron chi connectivity index (χ0n) is 13.6. The molecule has 0 aromatic carbocycles. The lowest BCUT2D eigenvalue weighted by Crippen LogP contribution is -2.42. The molecule has 1 saturated heterocycles. The van der Waals surface area contributed by atoms with E-state index in [1.54, 1.807) is 0 Å². The minimum absolute atomic E-state index is 0.574. The number of hydrogen-bond acceptors (Lipinski definition) is 3. The van der Waals surface area contributed by atoms with Crippen LogP contribution < -0.4 is 5.32 Å². The van der Waals surface area contributed by atoms with Gasteiger partial charge >= 0.3 is 0 Å². The molecule has 0 radical (unpaired) electrons. The summed E-state index contributed by atoms with van der Waals surface area (Å²) in [4.78, 5) is 2.60. The maximum absolute atomic E-state index is 4.48. The van der Waals surface area contributed by atoms with E-state index in [2.05, 4.69) is 36.1 Å². The second-order valence-corrected chi connectivity index (χ2v) is 6.24. The predicted octanol–water partition coefficient (Wildman–Crippen LogP) is 2.04. The van der Waals surface area contributed by atoms with Crippen LogP contribution in [0.4, 0.5) is 0 Å². The maximum atomic E-state index is 4.48. The number of rotatable bonds is 6. The minimum atomic E-state index is 0.574. The average Bonchev–Trinajstić information content (AvgIpc) is 2.66. The molecule has 2 heterocycles. The number of aryl methyl sites for hydroxylation is 2. The Hall–Kier alpha value is -0.870. The molecule has 1 aromatic heterocycles. The fourth-order valence-corrected chi connectivity index (χ4v) is 3.22. The Kier molecular flexibility index (Phi) is 5.61. The van der Waals surface area contributed by atoms with Crippen molar-refractivity contribution in [2.45, 2.75) is 52.5 Å². The first-order valence-electron chi connectivity index (χ1n) is 8.02. The van der Waals surface area contributed by atoms with Gasteiger partial charge in [0.1, 0.15) is 0 Å². The monoisotopic (exact) mass is 278 g/mol. The highest BCUT2D eigenvalue weighted by Gasteiger charge is 2.13. The molecular weight excluding hydrogens is 248 g/mol. The maximum Gasteiger partial charge on any atom is 0.0628 e. The highest BCUT2D eigenvalue weighted by atomic mass is 15.3. The fraction of sp³-hybridized carbons (Fsp3) is 0.812. The van der Waals surface area contributed by atoms with E-state index in [1.807, 2.05) is 11.7 Å². The second kappa shape index (κ2) is 7.23. The van der Waals surface area contributed by atoms with Crippen molar-refractivity contribution in [3.8, 4) is 0 Å². The van der Waals surface area contributed by atoms with Gasteiger partial charge < -0.3 is 10.2 Å². The lowest BCUT2D eigenvalue weighted by Gasteiger charge is -2.29. The first-order chi connectivity index (χ1) is 9.58. The summed E-state index contributed by atoms with van der Waals surface area (Å²) in [6.45, 7) is 11.4. The molecule has 114 valence electrons. The molecule has 0 aliphatic carbocycles. The van der Waals surface area contributed by atoms with Crippen molar-refractivity contribution in [2.75, 3.05) is 26.2 Å². The molecule has 2 rings (SSSR count). The van der Waals surface area contributed by atoms with E-state index in [0.29, 0.717) is 6.04 Å². The largest absolute Gasteiger partial charge is 0.313 e. The number of likely N-dealkylation sites (tertiary alicyclic amines) is 1. The third-order valence-electron chi connectivity index (χ3n) is 4.51. The van der Waals surface area contributed by atoms with E-state index in [9.17, 15) is 0 Å². The number of aromatic nitrogens is 2. The Balaban J connectivity index is 1.72. The van der Waals surface area contributed by atoms with Crippen LogP contribution in [0, 0.1) is 13.8 Å². The zero-order chi connectivity index (χ0) is 14.5. The van der Waals surface area contributed by atoms with Crippen molar-refractivity contribution >= 4 is 0 Å². The first-order valence-corrected chi connectivity index (χ1v) is 8.02. The Labute approximate surface area is 123 Å². The van der Waals surface area contributed by atoms with Gasteiger partial charge in [0.05, 0.1) is 5.69 Å². The van der Waals surface area contributed by atoms with Crippen molar-refractivity contribution in [1.29, 1.82) is 0 Å². The number of nitrogens with zero attached hydrogens (tertiary/aromatic N) is 3. The summed E-state index contributed by atoms with van der Waals surface area (Å²) in [5.41, 5.74) is 3.88. The zero-order valence-corrected chi connectivity index (χ0v) is 13.6. The summed E-state index contributed by atoms with van der Waals surface area (Å²) in [6.07, 6.45) is 5.25. The molecule has 0 bridgehead atoms. The van der Waals surface area contributed by atoms with E-state index < -0.39 is 0 Å². The topological polar surface area (TPSA) is 33.1 Å². The Morgan fingerprint density at radius 2 is 1.90 bits per heavy atom. The fourth-order valence-electron chi connectivity index (χ4n) is 3.22. The molecule has 1 N–H and O–H groups in total. The number of hydrogen-bond donors (Lipinski definition) is 1. The normalized spacial score (nSPS) is 18.4. The number of nitrogens with one attached hydrogen (secondary N) is 1. The molecular formula is C16H30N4. The van der Waals surface area contributed by atoms with Gasteiger partial charge in [-0.15, -0.1) is 0 Å². The SMILES string of the molecule is Cc1nn(C)c(C)c1CCNC(C)CN1CCCCC1. The second-order valence-electron chi connectivity index (χ2n) is 6.24. The summed E-state index contributed by atoms with van der Waals surface area (Å²) in [6, 6.07) is 0.574. The van der Waals surface area contributed by atoms with Gasteiger partial charge in [0.25, 0.3) is 0 Å². The van der Waals surface area contributed by atoms with Gasteiger partial charge in [0.15, 0.2) is 0 Å². The molecule has 0 spiro atoms. The third kappa shape index (κ3) is 4.06. The molecule has 1 aromatic rings. The highest BCUT2D eigenvalue weighted by Crippen LogP contribution is 2.12. The van der Waals surface area contributed by atoms with Gasteiger partial charge in [-0.3, -0.25) is 4.68 Å². The Morgan fingerprint density at radius 3 is 2.50 bits per heavy atom. The van der Waals surface area contributed by atoms with Crippen LogP contribution in [0.5, 0.6) is 0 Å². The summed E-state index contributed by atoms with van der Waals surface area (Å²) in [7, 11) is 2.03. The third-order valence-corrected chi connectivity index (χ3v) is 4.51. The van der Waals surface area contributed by atoms with Crippen LogP contribution in [0.1, 0.15) is 43.1 Å². The van der Waals surface area contributed by atoms with Crippen LogP contribution >= 0.6 is 0 Å². The summed E-state index contributed by atoms with van der Waals surface area (Å²) < 4.78 is 1.99. The van der Waals surface area contributed by atoms with Crippen LogP contribution in [0.25, 0.3) is 0 Å². The van der Waals surface area contributed by atoms with Gasteiger partial charge in [0, 0.05) is 25.3 Å². The summed E-state index contributed by atoms with van der Waals surface area (Å²) in [5, 5.41) is 8.15. The van der Waals surface area contributed by atoms with Crippen LogP contribution in [-0.2, 0) is 13.5 Å². The van der Waals surface area contributed by atoms with Crippen LogP contribution in [-0.4, -0.2) is 46.9 Å². The van der Waals surface area contributed by atoms with Crippen LogP contribution in [0.15, 0.2) is 0 Å². The van der Waals surface area contributed by atoms with Crippen molar-refractivity contribution in [3.05, 3.63) is 17.0 Å². The number of piperidine rings is 1. The van der Waals surface area contributed by atoms with E-state index in [1.165, 1.54) is 55.8 Å². The molecule has 0 saturated carbocycles. The van der Waals surface area contributed by atoms with Crippen LogP contribution in [0.3, 0.4) is 0 Å². The lowest BCUT2D eigenvalue weighted by atomic mass is 10.1. The highest BCUT2D eigenvalue weighted by molar-refractivity contribution is 5.24. The molecule has 1 unspecified atom stereocenters. The first kappa shape index (κ1) is 15.5. The predicted molar refractivity (Wildman–Crippen MR) is 84.1 cm³/mol. The van der Waals surface area contributed by atoms with E-state index in [4.69, 9.17) is 0 Å². The smallest absolute Gasteiger partial charge is 0.0628 e. The van der Waals surface area contributed by atoms with E-state index in [-0.39, 0.29) is 0 Å². The average molecular weight is 278 g/mol. The lowest BCUT2D eigenvalue weighted by molar-refractivity contribution is 0.209.